The molecule has 9 heteroatoms. The molecule has 33 heavy (non-hydrogen) atoms. The smallest absolute Gasteiger partial charge is 0.244 e. The Hall–Kier alpha value is -4.11. The highest BCUT2D eigenvalue weighted by Gasteiger charge is 2.17. The summed E-state index contributed by atoms with van der Waals surface area (Å²) >= 11 is 1.31. The third kappa shape index (κ3) is 5.39. The Bertz CT molecular complexity index is 1290. The summed E-state index contributed by atoms with van der Waals surface area (Å²) in [6.45, 7) is 1.65. The first-order chi connectivity index (χ1) is 16.0. The average molecular weight is 462 g/mol. The summed E-state index contributed by atoms with van der Waals surface area (Å²) in [5.41, 5.74) is 2.30. The molecule has 2 aromatic heterocycles. The molecule has 2 aromatic carbocycles. The largest absolute Gasteiger partial charge is 0.348 e. The Morgan fingerprint density at radius 3 is 2.73 bits per heavy atom. The van der Waals surface area contributed by atoms with E-state index in [1.54, 1.807) is 40.5 Å². The minimum Gasteiger partial charge on any atom is -0.348 e. The zero-order chi connectivity index (χ0) is 23.2. The summed E-state index contributed by atoms with van der Waals surface area (Å²) in [7, 11) is 0. The van der Waals surface area contributed by atoms with Gasteiger partial charge in [0.25, 0.3) is 0 Å². The number of halogens is 1. The highest BCUT2D eigenvalue weighted by Crippen LogP contribution is 2.29. The molecule has 0 atom stereocenters. The van der Waals surface area contributed by atoms with Crippen molar-refractivity contribution < 1.29 is 14.0 Å². The molecule has 166 valence electrons. The van der Waals surface area contributed by atoms with Gasteiger partial charge in [0.05, 0.1) is 23.4 Å². The number of imidazole rings is 1. The van der Waals surface area contributed by atoms with Crippen LogP contribution in [0.15, 0.2) is 78.7 Å². The van der Waals surface area contributed by atoms with Gasteiger partial charge in [0.1, 0.15) is 5.82 Å². The molecule has 2 heterocycles. The van der Waals surface area contributed by atoms with Crippen molar-refractivity contribution >= 4 is 40.0 Å². The van der Waals surface area contributed by atoms with Crippen molar-refractivity contribution in [2.24, 2.45) is 0 Å². The molecule has 0 saturated heterocycles. The number of aromatic nitrogens is 3. The predicted octanol–water partition coefficient (Wildman–Crippen LogP) is 4.48. The number of para-hydroxylation sites is 1. The quantitative estimate of drug-likeness (QED) is 0.412. The van der Waals surface area contributed by atoms with Gasteiger partial charge >= 0.3 is 0 Å². The van der Waals surface area contributed by atoms with Crippen LogP contribution in [0, 0.1) is 5.82 Å². The van der Waals surface area contributed by atoms with E-state index in [0.29, 0.717) is 22.1 Å². The molecule has 7 nitrogen and oxygen atoms in total. The van der Waals surface area contributed by atoms with Gasteiger partial charge in [-0.05, 0) is 35.9 Å². The van der Waals surface area contributed by atoms with E-state index in [1.165, 1.54) is 41.6 Å². The second-order valence-corrected chi connectivity index (χ2v) is 7.89. The van der Waals surface area contributed by atoms with Crippen LogP contribution in [-0.2, 0) is 16.1 Å². The summed E-state index contributed by atoms with van der Waals surface area (Å²) in [6.07, 6.45) is 7.68. The monoisotopic (exact) mass is 461 g/mol. The number of benzene rings is 2. The van der Waals surface area contributed by atoms with Crippen LogP contribution in [0.25, 0.3) is 11.8 Å². The number of thiazole rings is 1. The van der Waals surface area contributed by atoms with Gasteiger partial charge in [-0.15, -0.1) is 11.3 Å². The number of nitrogens with zero attached hydrogens (tertiary/aromatic N) is 4. The maximum Gasteiger partial charge on any atom is 0.244 e. The van der Waals surface area contributed by atoms with E-state index in [4.69, 9.17) is 0 Å². The molecule has 0 aliphatic heterocycles. The Balaban J connectivity index is 1.37. The predicted molar refractivity (Wildman–Crippen MR) is 126 cm³/mol. The van der Waals surface area contributed by atoms with Gasteiger partial charge in [0.2, 0.25) is 11.8 Å². The number of rotatable bonds is 7. The van der Waals surface area contributed by atoms with Crippen LogP contribution in [0.4, 0.5) is 15.2 Å². The van der Waals surface area contributed by atoms with E-state index in [0.717, 1.165) is 5.69 Å². The molecule has 2 amide bonds. The topological polar surface area (TPSA) is 80.1 Å². The Morgan fingerprint density at radius 1 is 1.21 bits per heavy atom. The van der Waals surface area contributed by atoms with E-state index in [2.05, 4.69) is 15.3 Å². The Morgan fingerprint density at radius 2 is 2.03 bits per heavy atom. The molecule has 0 saturated carbocycles. The first kappa shape index (κ1) is 22.1. The molecule has 1 N–H and O–H groups in total. The number of carbonyl (C=O) groups excluding carboxylic acids is 2. The summed E-state index contributed by atoms with van der Waals surface area (Å²) in [5.74, 6) is -0.899. The fraction of sp³-hybridized carbons (Fsp3) is 0.0833. The lowest BCUT2D eigenvalue weighted by Crippen LogP contribution is -2.22. The van der Waals surface area contributed by atoms with E-state index in [9.17, 15) is 14.0 Å². The van der Waals surface area contributed by atoms with E-state index in [1.807, 2.05) is 30.3 Å². The molecule has 0 unspecified atom stereocenters. The highest BCUT2D eigenvalue weighted by molar-refractivity contribution is 7.14. The first-order valence-corrected chi connectivity index (χ1v) is 10.9. The van der Waals surface area contributed by atoms with Gasteiger partial charge in [-0.2, -0.15) is 0 Å². The van der Waals surface area contributed by atoms with Crippen LogP contribution < -0.4 is 10.2 Å². The number of hydrogen-bond acceptors (Lipinski definition) is 5. The van der Waals surface area contributed by atoms with Crippen LogP contribution in [0.1, 0.15) is 18.2 Å². The molecule has 4 aromatic rings. The van der Waals surface area contributed by atoms with Crippen LogP contribution in [0.3, 0.4) is 0 Å². The lowest BCUT2D eigenvalue weighted by atomic mass is 10.2. The third-order valence-electron chi connectivity index (χ3n) is 4.70. The summed E-state index contributed by atoms with van der Waals surface area (Å²) in [4.78, 5) is 34.2. The van der Waals surface area contributed by atoms with Crippen molar-refractivity contribution in [3.8, 4) is 5.69 Å². The van der Waals surface area contributed by atoms with E-state index >= 15 is 0 Å². The molecule has 0 aliphatic rings. The van der Waals surface area contributed by atoms with Gasteiger partial charge < -0.3 is 9.88 Å². The van der Waals surface area contributed by atoms with Gasteiger partial charge in [-0.3, -0.25) is 14.5 Å². The van der Waals surface area contributed by atoms with Gasteiger partial charge in [0.15, 0.2) is 5.13 Å². The van der Waals surface area contributed by atoms with Crippen molar-refractivity contribution in [2.45, 2.75) is 13.5 Å². The summed E-state index contributed by atoms with van der Waals surface area (Å²) in [5, 5.41) is 5.01. The maximum absolute atomic E-state index is 14.3. The Labute approximate surface area is 193 Å². The molecule has 0 spiro atoms. The Kier molecular flexibility index (Phi) is 6.70. The van der Waals surface area contributed by atoms with Crippen LogP contribution in [0.2, 0.25) is 0 Å². The third-order valence-corrected chi connectivity index (χ3v) is 5.54. The number of nitrogens with one attached hydrogen (secondary N) is 1. The standard InChI is InChI=1S/C24H20FN5O2S/c1-17(31)30(20-5-3-2-4-6-20)24-28-19(15-33-24)8-10-23(32)27-14-18-7-9-22(21(25)13-18)29-12-11-26-16-29/h2-13,15-16H,14H2,1H3,(H,27,32)/b10-8+. The zero-order valence-electron chi connectivity index (χ0n) is 17.7. The number of amides is 2. The van der Waals surface area contributed by atoms with Gasteiger partial charge in [-0.1, -0.05) is 24.3 Å². The fourth-order valence-corrected chi connectivity index (χ4v) is 3.99. The van der Waals surface area contributed by atoms with E-state index < -0.39 is 5.82 Å². The summed E-state index contributed by atoms with van der Waals surface area (Å²) < 4.78 is 15.9. The molecule has 0 radical (unpaired) electrons. The number of carbonyl (C=O) groups is 2. The fourth-order valence-electron chi connectivity index (χ4n) is 3.14. The van der Waals surface area contributed by atoms with Crippen molar-refractivity contribution in [3.63, 3.8) is 0 Å². The zero-order valence-corrected chi connectivity index (χ0v) is 18.5. The second-order valence-electron chi connectivity index (χ2n) is 7.05. The minimum absolute atomic E-state index is 0.157. The van der Waals surface area contributed by atoms with Gasteiger partial charge in [0, 0.05) is 37.3 Å². The van der Waals surface area contributed by atoms with Crippen molar-refractivity contribution in [2.75, 3.05) is 4.90 Å². The maximum atomic E-state index is 14.3. The molecule has 0 bridgehead atoms. The van der Waals surface area contributed by atoms with E-state index in [-0.39, 0.29) is 18.4 Å². The SMILES string of the molecule is CC(=O)N(c1ccccc1)c1nc(/C=C/C(=O)NCc2ccc(-n3ccnc3)c(F)c2)cs1. The normalized spacial score (nSPS) is 11.0. The minimum atomic E-state index is -0.404. The lowest BCUT2D eigenvalue weighted by Gasteiger charge is -2.17. The molecule has 0 fully saturated rings. The van der Waals surface area contributed by atoms with Gasteiger partial charge in [-0.25, -0.2) is 14.4 Å². The molecule has 0 aliphatic carbocycles. The average Bonchev–Trinajstić information content (AvgIpc) is 3.50. The first-order valence-electron chi connectivity index (χ1n) is 10.1. The van der Waals surface area contributed by atoms with Crippen LogP contribution in [0.5, 0.6) is 0 Å². The highest BCUT2D eigenvalue weighted by atomic mass is 32.1. The lowest BCUT2D eigenvalue weighted by molar-refractivity contribution is -0.117. The van der Waals surface area contributed by atoms with Crippen molar-refractivity contribution in [1.29, 1.82) is 0 Å². The molecular formula is C24H20FN5O2S. The van der Waals surface area contributed by atoms with Crippen LogP contribution >= 0.6 is 11.3 Å². The number of hydrogen-bond donors (Lipinski definition) is 1. The molecule has 4 rings (SSSR count). The second kappa shape index (κ2) is 10.0. The summed E-state index contributed by atoms with van der Waals surface area (Å²) in [6, 6.07) is 14.0. The van der Waals surface area contributed by atoms with Crippen molar-refractivity contribution in [1.82, 2.24) is 19.9 Å². The van der Waals surface area contributed by atoms with Crippen molar-refractivity contribution in [3.05, 3.63) is 95.8 Å². The molecular weight excluding hydrogens is 441 g/mol. The number of anilines is 2. The van der Waals surface area contributed by atoms with Crippen LogP contribution in [-0.4, -0.2) is 26.3 Å².